The SMILES string of the molecule is CCCCCCCCCCCCCCCCCCCCCC(=O)O[C@H](COC(=O)CCCCCCCCCCCCCCCCC(C)CC)COP(=O)(O)OC[C@@H](O)COP(=O)(O)OC[C@@H](COC(=O)CCCCCCCCCCCCCC)OC(=O)CCCCCCCCCCCCCCCC. The predicted octanol–water partition coefficient (Wildman–Crippen LogP) is 25.6. The number of hydrogen-bond donors (Lipinski definition) is 3. The van der Waals surface area contributed by atoms with Crippen LogP contribution in [0, 0.1) is 5.92 Å². The molecule has 0 fully saturated rings. The maximum atomic E-state index is 13.1. The molecule has 612 valence electrons. The minimum Gasteiger partial charge on any atom is -0.462 e. The molecule has 0 aromatic heterocycles. The third-order valence-electron chi connectivity index (χ3n) is 20.1. The van der Waals surface area contributed by atoms with E-state index in [-0.39, 0.29) is 25.7 Å². The standard InChI is InChI=1S/C84H164O17P2/c1-6-10-13-16-19-22-25-28-30-31-32-33-34-40-45-50-55-60-65-70-84(89)101-80(74-95-82(87)68-63-58-53-48-43-39-36-35-37-41-46-51-56-61-66-77(5)9-4)76-99-103(92,93)97-72-78(85)71-96-102(90,91)98-75-79(73-94-81(86)67-62-57-52-47-42-27-24-21-18-15-12-8-3)100-83(88)69-64-59-54-49-44-38-29-26-23-20-17-14-11-7-2/h77-80,85H,6-76H2,1-5H3,(H,90,91)(H,92,93)/t77?,78-,79+,80+/m0/s1. The van der Waals surface area contributed by atoms with Crippen molar-refractivity contribution < 1.29 is 80.2 Å². The lowest BCUT2D eigenvalue weighted by molar-refractivity contribution is -0.161. The van der Waals surface area contributed by atoms with E-state index in [1.54, 1.807) is 0 Å². The number of ether oxygens (including phenoxy) is 4. The van der Waals surface area contributed by atoms with Gasteiger partial charge in [-0.25, -0.2) is 9.13 Å². The molecule has 0 aliphatic rings. The van der Waals surface area contributed by atoms with Crippen molar-refractivity contribution in [3.63, 3.8) is 0 Å². The van der Waals surface area contributed by atoms with Gasteiger partial charge in [-0.05, 0) is 31.6 Å². The molecule has 0 amide bonds. The average Bonchev–Trinajstić information content (AvgIpc) is 0.927. The number of phosphoric ester groups is 2. The zero-order valence-corrected chi connectivity index (χ0v) is 69.3. The Morgan fingerprint density at radius 2 is 0.466 bits per heavy atom. The Hall–Kier alpha value is -1.94. The molecule has 0 saturated heterocycles. The van der Waals surface area contributed by atoms with Crippen LogP contribution >= 0.6 is 15.6 Å². The number of carbonyl (C=O) groups excluding carboxylic acids is 4. The highest BCUT2D eigenvalue weighted by Gasteiger charge is 2.30. The summed E-state index contributed by atoms with van der Waals surface area (Å²) in [7, 11) is -9.92. The molecule has 0 saturated carbocycles. The first-order valence-corrected chi connectivity index (χ1v) is 46.7. The van der Waals surface area contributed by atoms with Gasteiger partial charge < -0.3 is 33.8 Å². The van der Waals surface area contributed by atoms with Crippen LogP contribution < -0.4 is 0 Å². The number of hydrogen-bond acceptors (Lipinski definition) is 15. The third kappa shape index (κ3) is 76.6. The highest BCUT2D eigenvalue weighted by molar-refractivity contribution is 7.47. The molecule has 0 aromatic rings. The Balaban J connectivity index is 5.25. The van der Waals surface area contributed by atoms with E-state index in [0.29, 0.717) is 25.7 Å². The highest BCUT2D eigenvalue weighted by Crippen LogP contribution is 2.45. The molecule has 3 N–H and O–H groups in total. The van der Waals surface area contributed by atoms with Crippen LogP contribution in [0.15, 0.2) is 0 Å². The van der Waals surface area contributed by atoms with Gasteiger partial charge in [-0.2, -0.15) is 0 Å². The second-order valence-electron chi connectivity index (χ2n) is 30.5. The van der Waals surface area contributed by atoms with Gasteiger partial charge in [-0.3, -0.25) is 37.3 Å². The van der Waals surface area contributed by atoms with Crippen molar-refractivity contribution in [1.82, 2.24) is 0 Å². The molecule has 0 spiro atoms. The fourth-order valence-corrected chi connectivity index (χ4v) is 14.7. The lowest BCUT2D eigenvalue weighted by Gasteiger charge is -2.21. The van der Waals surface area contributed by atoms with E-state index < -0.39 is 97.5 Å². The van der Waals surface area contributed by atoms with Crippen LogP contribution in [0.5, 0.6) is 0 Å². The summed E-state index contributed by atoms with van der Waals surface area (Å²) in [5.41, 5.74) is 0. The molecule has 103 heavy (non-hydrogen) atoms. The fourth-order valence-electron chi connectivity index (χ4n) is 13.1. The van der Waals surface area contributed by atoms with Crippen LogP contribution in [0.2, 0.25) is 0 Å². The van der Waals surface area contributed by atoms with E-state index in [1.807, 2.05) is 0 Å². The van der Waals surface area contributed by atoms with Crippen molar-refractivity contribution in [2.45, 2.75) is 470 Å². The topological polar surface area (TPSA) is 237 Å². The summed E-state index contributed by atoms with van der Waals surface area (Å²) < 4.78 is 68.9. The van der Waals surface area contributed by atoms with E-state index in [1.165, 1.54) is 276 Å². The number of phosphoric acid groups is 2. The zero-order valence-electron chi connectivity index (χ0n) is 67.5. The number of unbranched alkanes of at least 4 members (excludes halogenated alkanes) is 55. The van der Waals surface area contributed by atoms with Crippen molar-refractivity contribution in [2.75, 3.05) is 39.6 Å². The Kier molecular flexibility index (Phi) is 75.4. The average molecular weight is 1510 g/mol. The van der Waals surface area contributed by atoms with E-state index in [9.17, 15) is 43.2 Å². The first kappa shape index (κ1) is 101. The van der Waals surface area contributed by atoms with Gasteiger partial charge in [0.25, 0.3) is 0 Å². The molecular formula is C84H164O17P2. The maximum Gasteiger partial charge on any atom is 0.472 e. The van der Waals surface area contributed by atoms with E-state index in [0.717, 1.165) is 95.8 Å². The largest absolute Gasteiger partial charge is 0.472 e. The molecule has 0 aliphatic heterocycles. The molecule has 6 atom stereocenters. The molecule has 0 rings (SSSR count). The van der Waals surface area contributed by atoms with Crippen molar-refractivity contribution >= 4 is 39.5 Å². The summed E-state index contributed by atoms with van der Waals surface area (Å²) in [6.45, 7) is 7.41. The summed E-state index contributed by atoms with van der Waals surface area (Å²) >= 11 is 0. The molecule has 0 radical (unpaired) electrons. The monoisotopic (exact) mass is 1510 g/mol. The van der Waals surface area contributed by atoms with Crippen LogP contribution in [0.4, 0.5) is 0 Å². The summed E-state index contributed by atoms with van der Waals surface area (Å²) in [5.74, 6) is -1.25. The number of aliphatic hydroxyl groups is 1. The Bertz CT molecular complexity index is 1960. The number of aliphatic hydroxyl groups excluding tert-OH is 1. The predicted molar refractivity (Wildman–Crippen MR) is 423 cm³/mol. The van der Waals surface area contributed by atoms with Crippen LogP contribution in [-0.2, 0) is 65.4 Å². The van der Waals surface area contributed by atoms with Gasteiger partial charge in [0.2, 0.25) is 0 Å². The van der Waals surface area contributed by atoms with E-state index in [4.69, 9.17) is 37.0 Å². The van der Waals surface area contributed by atoms with Gasteiger partial charge in [0.15, 0.2) is 12.2 Å². The summed E-state index contributed by atoms with van der Waals surface area (Å²) in [5, 5.41) is 10.7. The quantitative estimate of drug-likeness (QED) is 0.0222. The second kappa shape index (κ2) is 76.8. The van der Waals surface area contributed by atoms with Gasteiger partial charge in [0.05, 0.1) is 26.4 Å². The van der Waals surface area contributed by atoms with Crippen LogP contribution in [-0.4, -0.2) is 96.7 Å². The van der Waals surface area contributed by atoms with Gasteiger partial charge in [-0.15, -0.1) is 0 Å². The Labute approximate surface area is 632 Å². The van der Waals surface area contributed by atoms with E-state index >= 15 is 0 Å². The molecular weight excluding hydrogens is 1340 g/mol. The normalized spacial score (nSPS) is 14.1. The lowest BCUT2D eigenvalue weighted by atomic mass is 9.99. The van der Waals surface area contributed by atoms with Gasteiger partial charge in [0, 0.05) is 25.7 Å². The molecule has 0 bridgehead atoms. The molecule has 0 heterocycles. The molecule has 3 unspecified atom stereocenters. The molecule has 19 heteroatoms. The number of rotatable bonds is 84. The highest BCUT2D eigenvalue weighted by atomic mass is 31.2. The smallest absolute Gasteiger partial charge is 0.462 e. The minimum atomic E-state index is -4.96. The number of esters is 4. The van der Waals surface area contributed by atoms with Crippen molar-refractivity contribution in [3.05, 3.63) is 0 Å². The van der Waals surface area contributed by atoms with Crippen molar-refractivity contribution in [1.29, 1.82) is 0 Å². The molecule has 17 nitrogen and oxygen atoms in total. The summed E-state index contributed by atoms with van der Waals surface area (Å²) in [6.07, 6.45) is 69.2. The first-order chi connectivity index (χ1) is 50.1. The van der Waals surface area contributed by atoms with Crippen molar-refractivity contribution in [3.8, 4) is 0 Å². The van der Waals surface area contributed by atoms with Crippen LogP contribution in [0.1, 0.15) is 452 Å². The summed E-state index contributed by atoms with van der Waals surface area (Å²) in [6, 6.07) is 0. The lowest BCUT2D eigenvalue weighted by Crippen LogP contribution is -2.30. The van der Waals surface area contributed by atoms with Gasteiger partial charge >= 0.3 is 39.5 Å². The maximum absolute atomic E-state index is 13.1. The van der Waals surface area contributed by atoms with Crippen LogP contribution in [0.25, 0.3) is 0 Å². The minimum absolute atomic E-state index is 0.109. The first-order valence-electron chi connectivity index (χ1n) is 43.7. The second-order valence-corrected chi connectivity index (χ2v) is 33.4. The third-order valence-corrected chi connectivity index (χ3v) is 22.0. The van der Waals surface area contributed by atoms with Crippen LogP contribution in [0.3, 0.4) is 0 Å². The van der Waals surface area contributed by atoms with E-state index in [2.05, 4.69) is 34.6 Å². The van der Waals surface area contributed by atoms with Crippen molar-refractivity contribution in [2.24, 2.45) is 5.92 Å². The molecule has 0 aromatic carbocycles. The van der Waals surface area contributed by atoms with Gasteiger partial charge in [-0.1, -0.05) is 401 Å². The molecule has 0 aliphatic carbocycles. The van der Waals surface area contributed by atoms with Gasteiger partial charge in [0.1, 0.15) is 19.3 Å². The Morgan fingerprint density at radius 1 is 0.272 bits per heavy atom. The zero-order chi connectivity index (χ0) is 75.5. The Morgan fingerprint density at radius 3 is 0.689 bits per heavy atom. The summed E-state index contributed by atoms with van der Waals surface area (Å²) in [4.78, 5) is 73.2. The number of carbonyl (C=O) groups is 4. The fraction of sp³-hybridized carbons (Fsp3) is 0.952.